The largest absolute Gasteiger partial charge is 0.504 e. The highest BCUT2D eigenvalue weighted by Gasteiger charge is 2.31. The molecule has 8 rings (SSSR count). The minimum Gasteiger partial charge on any atom is -0.504 e. The van der Waals surface area contributed by atoms with Crippen LogP contribution in [0.15, 0.2) is 60.7 Å². The van der Waals surface area contributed by atoms with E-state index < -0.39 is 0 Å². The first-order valence-corrected chi connectivity index (χ1v) is 14.4. The van der Waals surface area contributed by atoms with E-state index in [4.69, 9.17) is 18.9 Å². The van der Waals surface area contributed by atoms with Gasteiger partial charge in [-0.05, 0) is 109 Å². The van der Waals surface area contributed by atoms with Crippen molar-refractivity contribution < 1.29 is 29.2 Å². The van der Waals surface area contributed by atoms with Gasteiger partial charge in [0, 0.05) is 17.6 Å². The summed E-state index contributed by atoms with van der Waals surface area (Å²) in [5.74, 6) is 3.03. The maximum Gasteiger partial charge on any atom is 0.201 e. The van der Waals surface area contributed by atoms with E-state index >= 15 is 0 Å². The van der Waals surface area contributed by atoms with Crippen LogP contribution in [0.4, 0.5) is 0 Å². The van der Waals surface area contributed by atoms with Crippen molar-refractivity contribution in [1.82, 2.24) is 10.6 Å². The fraction of sp³-hybridized carbons (Fsp3) is 0.294. The standard InChI is InChI=1S/C34H34N2O6/c1-39-29-16-21-9-11-35-25-14-20-5-8-27(37)28(15-20)41-23-6-3-19(4-7-23)13-26-32-22(10-12-36-26)17-31(40-2)33(38)34(32)42-30(29)18-24(21)25/h3-8,15-18,25-26,35-38H,9-14H2,1-2H3/t25-,26-/m1/s1. The number of hydrogen-bond acceptors (Lipinski definition) is 8. The maximum absolute atomic E-state index is 11.4. The van der Waals surface area contributed by atoms with E-state index in [0.29, 0.717) is 47.3 Å². The Kier molecular flexibility index (Phi) is 6.80. The number of nitrogens with one attached hydrogen (secondary N) is 2. The number of hydrogen-bond donors (Lipinski definition) is 4. The number of phenols is 2. The predicted molar refractivity (Wildman–Crippen MR) is 159 cm³/mol. The summed E-state index contributed by atoms with van der Waals surface area (Å²) in [7, 11) is 3.19. The Bertz CT molecular complexity index is 1650. The highest BCUT2D eigenvalue weighted by atomic mass is 16.5. The smallest absolute Gasteiger partial charge is 0.201 e. The Morgan fingerprint density at radius 1 is 0.714 bits per heavy atom. The molecule has 0 aromatic heterocycles. The van der Waals surface area contributed by atoms with E-state index in [9.17, 15) is 10.2 Å². The van der Waals surface area contributed by atoms with Crippen molar-refractivity contribution in [2.45, 2.75) is 37.8 Å². The molecule has 0 spiro atoms. The molecule has 4 heterocycles. The Labute approximate surface area is 244 Å². The van der Waals surface area contributed by atoms with Crippen LogP contribution in [0, 0.1) is 0 Å². The van der Waals surface area contributed by atoms with Crippen LogP contribution in [0.1, 0.15) is 45.5 Å². The molecule has 4 aromatic carbocycles. The first-order chi connectivity index (χ1) is 20.5. The zero-order valence-corrected chi connectivity index (χ0v) is 23.7. The lowest BCUT2D eigenvalue weighted by atomic mass is 9.88. The van der Waals surface area contributed by atoms with Crippen molar-refractivity contribution in [3.63, 3.8) is 0 Å². The number of methoxy groups -OCH3 is 2. The van der Waals surface area contributed by atoms with Gasteiger partial charge < -0.3 is 39.8 Å². The van der Waals surface area contributed by atoms with Crippen LogP contribution in [0.3, 0.4) is 0 Å². The number of rotatable bonds is 2. The highest BCUT2D eigenvalue weighted by Crippen LogP contribution is 2.49. The molecule has 4 aliphatic rings. The van der Waals surface area contributed by atoms with Crippen LogP contribution in [0.5, 0.6) is 46.0 Å². The van der Waals surface area contributed by atoms with Crippen molar-refractivity contribution in [2.24, 2.45) is 0 Å². The molecule has 8 nitrogen and oxygen atoms in total. The van der Waals surface area contributed by atoms with E-state index in [2.05, 4.69) is 10.6 Å². The van der Waals surface area contributed by atoms with Gasteiger partial charge in [-0.25, -0.2) is 0 Å². The lowest BCUT2D eigenvalue weighted by Crippen LogP contribution is -2.32. The van der Waals surface area contributed by atoms with Crippen molar-refractivity contribution in [2.75, 3.05) is 27.3 Å². The molecule has 8 heteroatoms. The van der Waals surface area contributed by atoms with Gasteiger partial charge in [0.2, 0.25) is 5.75 Å². The fourth-order valence-corrected chi connectivity index (χ4v) is 6.44. The molecule has 216 valence electrons. The molecule has 0 amide bonds. The number of aromatic hydroxyl groups is 2. The summed E-state index contributed by atoms with van der Waals surface area (Å²) in [6, 6.07) is 19.3. The number of benzene rings is 4. The lowest BCUT2D eigenvalue weighted by Gasteiger charge is -2.31. The molecular weight excluding hydrogens is 532 g/mol. The zero-order valence-electron chi connectivity index (χ0n) is 23.7. The predicted octanol–water partition coefficient (Wildman–Crippen LogP) is 5.87. The van der Waals surface area contributed by atoms with E-state index in [1.54, 1.807) is 20.3 Å². The molecule has 0 radical (unpaired) electrons. The van der Waals surface area contributed by atoms with Crippen molar-refractivity contribution in [1.29, 1.82) is 0 Å². The molecule has 0 fully saturated rings. The minimum atomic E-state index is -0.107. The van der Waals surface area contributed by atoms with Crippen LogP contribution in [-0.4, -0.2) is 37.5 Å². The third-order valence-electron chi connectivity index (χ3n) is 8.55. The number of ether oxygens (including phenoxy) is 4. The van der Waals surface area contributed by atoms with E-state index in [1.807, 2.05) is 54.6 Å². The summed E-state index contributed by atoms with van der Waals surface area (Å²) in [5, 5.41) is 29.3. The molecule has 2 atom stereocenters. The van der Waals surface area contributed by atoms with Crippen molar-refractivity contribution >= 4 is 0 Å². The fourth-order valence-electron chi connectivity index (χ4n) is 6.44. The number of fused-ring (bicyclic) bond motifs is 2. The summed E-state index contributed by atoms with van der Waals surface area (Å²) in [4.78, 5) is 0. The van der Waals surface area contributed by atoms with Gasteiger partial charge in [-0.2, -0.15) is 0 Å². The van der Waals surface area contributed by atoms with Gasteiger partial charge in [-0.1, -0.05) is 18.2 Å². The van der Waals surface area contributed by atoms with Crippen molar-refractivity contribution in [3.05, 3.63) is 94.0 Å². The van der Waals surface area contributed by atoms with Gasteiger partial charge >= 0.3 is 0 Å². The van der Waals surface area contributed by atoms with Gasteiger partial charge in [0.15, 0.2) is 34.5 Å². The Morgan fingerprint density at radius 3 is 2.19 bits per heavy atom. The zero-order chi connectivity index (χ0) is 28.8. The van der Waals surface area contributed by atoms with Crippen LogP contribution in [-0.2, 0) is 25.7 Å². The van der Waals surface area contributed by atoms with Gasteiger partial charge in [0.25, 0.3) is 0 Å². The highest BCUT2D eigenvalue weighted by molar-refractivity contribution is 5.63. The topological polar surface area (TPSA) is 101 Å². The van der Waals surface area contributed by atoms with Crippen LogP contribution < -0.4 is 29.6 Å². The second-order valence-corrected chi connectivity index (χ2v) is 11.1. The summed E-state index contributed by atoms with van der Waals surface area (Å²) < 4.78 is 24.2. The molecule has 0 aliphatic carbocycles. The summed E-state index contributed by atoms with van der Waals surface area (Å²) in [6.07, 6.45) is 2.98. The lowest BCUT2D eigenvalue weighted by molar-refractivity contribution is 0.334. The molecule has 0 saturated heterocycles. The number of phenolic OH excluding ortho intramolecular Hbond substituents is 2. The van der Waals surface area contributed by atoms with E-state index in [-0.39, 0.29) is 23.6 Å². The molecule has 4 N–H and O–H groups in total. The minimum absolute atomic E-state index is 0.000183. The van der Waals surface area contributed by atoms with Gasteiger partial charge in [-0.15, -0.1) is 0 Å². The van der Waals surface area contributed by atoms with Crippen LogP contribution in [0.2, 0.25) is 0 Å². The summed E-state index contributed by atoms with van der Waals surface area (Å²) in [5.41, 5.74) is 6.39. The molecule has 0 unspecified atom stereocenters. The maximum atomic E-state index is 11.4. The monoisotopic (exact) mass is 566 g/mol. The Hall–Kier alpha value is -4.40. The normalized spacial score (nSPS) is 19.0. The Balaban J connectivity index is 1.42. The first kappa shape index (κ1) is 26.5. The van der Waals surface area contributed by atoms with E-state index in [1.165, 1.54) is 5.56 Å². The average molecular weight is 567 g/mol. The van der Waals surface area contributed by atoms with Crippen LogP contribution in [0.25, 0.3) is 0 Å². The first-order valence-electron chi connectivity index (χ1n) is 14.4. The molecule has 4 aliphatic heterocycles. The third-order valence-corrected chi connectivity index (χ3v) is 8.55. The van der Waals surface area contributed by atoms with Gasteiger partial charge in [-0.3, -0.25) is 0 Å². The summed E-state index contributed by atoms with van der Waals surface area (Å²) in [6.45, 7) is 1.61. The molecule has 42 heavy (non-hydrogen) atoms. The third kappa shape index (κ3) is 4.76. The second-order valence-electron chi connectivity index (χ2n) is 11.1. The second kappa shape index (κ2) is 10.8. The van der Waals surface area contributed by atoms with Crippen LogP contribution >= 0.6 is 0 Å². The molecule has 0 saturated carbocycles. The molecular formula is C34H34N2O6. The van der Waals surface area contributed by atoms with Crippen molar-refractivity contribution in [3.8, 4) is 46.0 Å². The quantitative estimate of drug-likeness (QED) is 0.239. The average Bonchev–Trinajstić information content (AvgIpc) is 3.00. The molecule has 4 aromatic rings. The van der Waals surface area contributed by atoms with Gasteiger partial charge in [0.05, 0.1) is 14.2 Å². The SMILES string of the molecule is COc1cc2c3cc1Oc1c(O)c(OC)cc4c1[C@@H](Cc1ccc(cc1)Oc1cc(ccc1O)C[C@H]3NCC2)NCC4. The molecule has 6 bridgehead atoms. The van der Waals surface area contributed by atoms with E-state index in [0.717, 1.165) is 53.7 Å². The summed E-state index contributed by atoms with van der Waals surface area (Å²) >= 11 is 0. The Morgan fingerprint density at radius 2 is 1.40 bits per heavy atom. The van der Waals surface area contributed by atoms with Gasteiger partial charge in [0.1, 0.15) is 5.75 Å².